The molecule has 0 radical (unpaired) electrons. The number of carbonyl (C=O) groups excluding carboxylic acids is 1. The fourth-order valence-corrected chi connectivity index (χ4v) is 4.66. The molecule has 1 fully saturated rings. The highest BCUT2D eigenvalue weighted by Gasteiger charge is 2.29. The third kappa shape index (κ3) is 5.06. The highest BCUT2D eigenvalue weighted by molar-refractivity contribution is 9.10. The Morgan fingerprint density at radius 3 is 2.52 bits per heavy atom. The van der Waals surface area contributed by atoms with E-state index in [2.05, 4.69) is 15.9 Å². The molecular weight excluding hydrogens is 456 g/mol. The van der Waals surface area contributed by atoms with Gasteiger partial charge in [-0.05, 0) is 54.8 Å². The zero-order chi connectivity index (χ0) is 21.2. The van der Waals surface area contributed by atoms with Gasteiger partial charge in [-0.25, -0.2) is 8.42 Å². The summed E-state index contributed by atoms with van der Waals surface area (Å²) in [7, 11) is -2.29. The van der Waals surface area contributed by atoms with Gasteiger partial charge in [-0.15, -0.1) is 0 Å². The van der Waals surface area contributed by atoms with Crippen molar-refractivity contribution in [3.63, 3.8) is 0 Å². The smallest absolute Gasteiger partial charge is 0.243 e. The van der Waals surface area contributed by atoms with Crippen LogP contribution in [-0.2, 0) is 19.6 Å². The molecule has 1 aliphatic heterocycles. The van der Waals surface area contributed by atoms with Crippen LogP contribution in [0, 0.1) is 13.8 Å². The molecule has 0 saturated carbocycles. The zero-order valence-corrected chi connectivity index (χ0v) is 19.2. The number of aryl methyl sites for hydroxylation is 2. The van der Waals surface area contributed by atoms with Crippen molar-refractivity contribution in [2.24, 2.45) is 0 Å². The molecular formula is C21H25BrN2O4S. The monoisotopic (exact) mass is 480 g/mol. The molecule has 1 aliphatic rings. The van der Waals surface area contributed by atoms with E-state index in [4.69, 9.17) is 4.74 Å². The highest BCUT2D eigenvalue weighted by atomic mass is 79.9. The van der Waals surface area contributed by atoms with Crippen LogP contribution in [0.15, 0.2) is 51.8 Å². The number of morpholine rings is 1. The van der Waals surface area contributed by atoms with Crippen LogP contribution in [0.3, 0.4) is 0 Å². The van der Waals surface area contributed by atoms with Gasteiger partial charge in [-0.3, -0.25) is 4.79 Å². The number of hydrogen-bond acceptors (Lipinski definition) is 4. The van der Waals surface area contributed by atoms with E-state index in [-0.39, 0.29) is 23.5 Å². The molecule has 1 saturated heterocycles. The van der Waals surface area contributed by atoms with Gasteiger partial charge in [0.2, 0.25) is 15.9 Å². The van der Waals surface area contributed by atoms with Gasteiger partial charge in [0.05, 0.1) is 24.6 Å². The van der Waals surface area contributed by atoms with Gasteiger partial charge >= 0.3 is 0 Å². The van der Waals surface area contributed by atoms with Crippen LogP contribution in [0.4, 0.5) is 0 Å². The molecule has 0 aromatic heterocycles. The third-order valence-corrected chi connectivity index (χ3v) is 7.53. The van der Waals surface area contributed by atoms with Gasteiger partial charge in [0.1, 0.15) is 6.10 Å². The normalized spacial score (nSPS) is 17.6. The molecule has 156 valence electrons. The summed E-state index contributed by atoms with van der Waals surface area (Å²) in [6.07, 6.45) is -0.220. The largest absolute Gasteiger partial charge is 0.370 e. The lowest BCUT2D eigenvalue weighted by molar-refractivity contribution is -0.139. The van der Waals surface area contributed by atoms with Crippen molar-refractivity contribution in [1.82, 2.24) is 9.21 Å². The molecule has 0 aliphatic carbocycles. The average Bonchev–Trinajstić information content (AvgIpc) is 2.70. The first-order chi connectivity index (χ1) is 13.7. The standard InChI is InChI=1S/C21H25BrN2O4S/c1-15-4-9-19(12-16(15)2)29(26,27)23(3)14-21(25)24-10-11-28-20(13-24)17-5-7-18(22)8-6-17/h4-9,12,20H,10-11,13-14H2,1-3H3. The Morgan fingerprint density at radius 2 is 1.86 bits per heavy atom. The maximum atomic E-state index is 12.9. The Balaban J connectivity index is 1.68. The second-order valence-electron chi connectivity index (χ2n) is 7.26. The predicted octanol–water partition coefficient (Wildman–Crippen LogP) is 3.29. The van der Waals surface area contributed by atoms with E-state index in [0.717, 1.165) is 25.5 Å². The van der Waals surface area contributed by atoms with Gasteiger partial charge in [-0.1, -0.05) is 34.1 Å². The highest BCUT2D eigenvalue weighted by Crippen LogP contribution is 2.24. The minimum atomic E-state index is -3.73. The summed E-state index contributed by atoms with van der Waals surface area (Å²) in [6, 6.07) is 12.8. The molecule has 1 amide bonds. The topological polar surface area (TPSA) is 66.9 Å². The number of carbonyl (C=O) groups is 1. The molecule has 3 rings (SSSR count). The van der Waals surface area contributed by atoms with Crippen molar-refractivity contribution in [3.8, 4) is 0 Å². The number of amides is 1. The number of ether oxygens (including phenoxy) is 1. The van der Waals surface area contributed by atoms with Crippen LogP contribution in [-0.4, -0.2) is 56.8 Å². The summed E-state index contributed by atoms with van der Waals surface area (Å²) < 4.78 is 33.6. The Morgan fingerprint density at radius 1 is 1.17 bits per heavy atom. The van der Waals surface area contributed by atoms with Crippen LogP contribution < -0.4 is 0 Å². The lowest BCUT2D eigenvalue weighted by Crippen LogP contribution is -2.47. The van der Waals surface area contributed by atoms with Gasteiger partial charge in [0, 0.05) is 18.1 Å². The maximum absolute atomic E-state index is 12.9. The second-order valence-corrected chi connectivity index (χ2v) is 10.2. The molecule has 1 unspecified atom stereocenters. The lowest BCUT2D eigenvalue weighted by Gasteiger charge is -2.34. The number of hydrogen-bond donors (Lipinski definition) is 0. The SMILES string of the molecule is Cc1ccc(S(=O)(=O)N(C)CC(=O)N2CCOC(c3ccc(Br)cc3)C2)cc1C. The number of halogens is 1. The van der Waals surface area contributed by atoms with Gasteiger partial charge in [-0.2, -0.15) is 4.31 Å². The average molecular weight is 481 g/mol. The van der Waals surface area contributed by atoms with Crippen LogP contribution in [0.5, 0.6) is 0 Å². The fraction of sp³-hybridized carbons (Fsp3) is 0.381. The number of sulfonamides is 1. The molecule has 29 heavy (non-hydrogen) atoms. The van der Waals surface area contributed by atoms with E-state index in [1.54, 1.807) is 23.1 Å². The van der Waals surface area contributed by atoms with E-state index < -0.39 is 10.0 Å². The summed E-state index contributed by atoms with van der Waals surface area (Å²) >= 11 is 3.41. The molecule has 8 heteroatoms. The minimum Gasteiger partial charge on any atom is -0.370 e. The van der Waals surface area contributed by atoms with E-state index in [1.165, 1.54) is 7.05 Å². The molecule has 0 spiro atoms. The zero-order valence-electron chi connectivity index (χ0n) is 16.8. The van der Waals surface area contributed by atoms with Crippen molar-refractivity contribution in [3.05, 3.63) is 63.6 Å². The summed E-state index contributed by atoms with van der Waals surface area (Å²) in [5.41, 5.74) is 2.91. The van der Waals surface area contributed by atoms with Crippen molar-refractivity contribution in [1.29, 1.82) is 0 Å². The van der Waals surface area contributed by atoms with E-state index in [1.807, 2.05) is 38.1 Å². The molecule has 2 aromatic rings. The Labute approximate surface area is 180 Å². The molecule has 6 nitrogen and oxygen atoms in total. The quantitative estimate of drug-likeness (QED) is 0.658. The predicted molar refractivity (Wildman–Crippen MR) is 115 cm³/mol. The first-order valence-electron chi connectivity index (χ1n) is 9.37. The van der Waals surface area contributed by atoms with E-state index >= 15 is 0 Å². The van der Waals surface area contributed by atoms with Gasteiger partial charge < -0.3 is 9.64 Å². The van der Waals surface area contributed by atoms with Gasteiger partial charge in [0.25, 0.3) is 0 Å². The van der Waals surface area contributed by atoms with E-state index in [0.29, 0.717) is 19.7 Å². The summed E-state index contributed by atoms with van der Waals surface area (Å²) in [6.45, 7) is 4.86. The number of nitrogens with zero attached hydrogens (tertiary/aromatic N) is 2. The van der Waals surface area contributed by atoms with Crippen LogP contribution in [0.2, 0.25) is 0 Å². The second kappa shape index (κ2) is 8.95. The first-order valence-corrected chi connectivity index (χ1v) is 11.6. The summed E-state index contributed by atoms with van der Waals surface area (Å²) in [5.74, 6) is -0.231. The molecule has 1 atom stereocenters. The Kier molecular flexibility index (Phi) is 6.78. The van der Waals surface area contributed by atoms with Crippen LogP contribution >= 0.6 is 15.9 Å². The third-order valence-electron chi connectivity index (χ3n) is 5.21. The first kappa shape index (κ1) is 22.0. The summed E-state index contributed by atoms with van der Waals surface area (Å²) in [5, 5.41) is 0. The maximum Gasteiger partial charge on any atom is 0.243 e. The number of benzene rings is 2. The van der Waals surface area contributed by atoms with Crippen molar-refractivity contribution >= 4 is 31.9 Å². The number of likely N-dealkylation sites (N-methyl/N-ethyl adjacent to an activating group) is 1. The minimum absolute atomic E-state index is 0.200. The van der Waals surface area contributed by atoms with E-state index in [9.17, 15) is 13.2 Å². The van der Waals surface area contributed by atoms with Crippen LogP contribution in [0.1, 0.15) is 22.8 Å². The van der Waals surface area contributed by atoms with Gasteiger partial charge in [0.15, 0.2) is 0 Å². The van der Waals surface area contributed by atoms with Crippen molar-refractivity contribution < 1.29 is 17.9 Å². The van der Waals surface area contributed by atoms with Crippen molar-refractivity contribution in [2.75, 3.05) is 33.3 Å². The molecule has 0 N–H and O–H groups in total. The lowest BCUT2D eigenvalue weighted by atomic mass is 10.1. The van der Waals surface area contributed by atoms with Crippen LogP contribution in [0.25, 0.3) is 0 Å². The Bertz CT molecular complexity index is 992. The molecule has 1 heterocycles. The Hall–Kier alpha value is -1.74. The summed E-state index contributed by atoms with van der Waals surface area (Å²) in [4.78, 5) is 14.7. The van der Waals surface area contributed by atoms with Crippen molar-refractivity contribution in [2.45, 2.75) is 24.8 Å². The number of rotatable bonds is 5. The molecule has 0 bridgehead atoms. The fourth-order valence-electron chi connectivity index (χ4n) is 3.18. The molecule has 2 aromatic carbocycles.